The van der Waals surface area contributed by atoms with Crippen LogP contribution in [0, 0.1) is 5.92 Å². The van der Waals surface area contributed by atoms with Gasteiger partial charge in [-0.3, -0.25) is 0 Å². The Morgan fingerprint density at radius 2 is 2.12 bits per heavy atom. The zero-order chi connectivity index (χ0) is 11.7. The van der Waals surface area contributed by atoms with Crippen LogP contribution >= 0.6 is 0 Å². The van der Waals surface area contributed by atoms with Crippen molar-refractivity contribution in [1.29, 1.82) is 0 Å². The number of aromatic nitrogens is 2. The second-order valence-corrected chi connectivity index (χ2v) is 4.71. The number of hydrogen-bond acceptors (Lipinski definition) is 3. The summed E-state index contributed by atoms with van der Waals surface area (Å²) in [4.78, 5) is 7.27. The Balaban J connectivity index is 1.86. The zero-order valence-corrected chi connectivity index (χ0v) is 9.69. The number of hydrogen-bond donors (Lipinski definition) is 3. The molecular weight excluding hydrogens is 214 g/mol. The Hall–Kier alpha value is -1.39. The van der Waals surface area contributed by atoms with Gasteiger partial charge >= 0.3 is 0 Å². The molecule has 0 spiro atoms. The monoisotopic (exact) mass is 231 g/mol. The third-order valence-electron chi connectivity index (χ3n) is 3.62. The smallest absolute Gasteiger partial charge is 0.0931 e. The molecule has 17 heavy (non-hydrogen) atoms. The predicted molar refractivity (Wildman–Crippen MR) is 66.6 cm³/mol. The number of nitrogens with one attached hydrogen (secondary N) is 2. The highest BCUT2D eigenvalue weighted by atomic mass is 16.3. The van der Waals surface area contributed by atoms with Gasteiger partial charge in [-0.15, -0.1) is 0 Å². The van der Waals surface area contributed by atoms with Crippen LogP contribution in [0.15, 0.2) is 24.5 Å². The van der Waals surface area contributed by atoms with Gasteiger partial charge in [0.1, 0.15) is 0 Å². The highest BCUT2D eigenvalue weighted by molar-refractivity contribution is 5.75. The van der Waals surface area contributed by atoms with Crippen molar-refractivity contribution in [3.63, 3.8) is 0 Å². The van der Waals surface area contributed by atoms with Gasteiger partial charge < -0.3 is 15.4 Å². The van der Waals surface area contributed by atoms with Crippen molar-refractivity contribution in [3.8, 4) is 0 Å². The number of fused-ring (bicyclic) bond motifs is 1. The van der Waals surface area contributed by atoms with Gasteiger partial charge in [0.05, 0.1) is 23.5 Å². The maximum Gasteiger partial charge on any atom is 0.0931 e. The molecule has 1 unspecified atom stereocenters. The summed E-state index contributed by atoms with van der Waals surface area (Å²) >= 11 is 0. The van der Waals surface area contributed by atoms with E-state index in [9.17, 15) is 5.11 Å². The minimum absolute atomic E-state index is 0.357. The van der Waals surface area contributed by atoms with E-state index in [1.54, 1.807) is 6.33 Å². The molecule has 1 fully saturated rings. The topological polar surface area (TPSA) is 60.9 Å². The minimum atomic E-state index is -0.357. The zero-order valence-electron chi connectivity index (χ0n) is 9.69. The third-order valence-corrected chi connectivity index (χ3v) is 3.62. The van der Waals surface area contributed by atoms with E-state index in [0.29, 0.717) is 5.92 Å². The molecule has 0 saturated carbocycles. The Labute approximate surface area is 100 Å². The second-order valence-electron chi connectivity index (χ2n) is 4.71. The van der Waals surface area contributed by atoms with Crippen molar-refractivity contribution >= 4 is 11.0 Å². The summed E-state index contributed by atoms with van der Waals surface area (Å²) in [6, 6.07) is 5.95. The molecule has 0 aliphatic carbocycles. The van der Waals surface area contributed by atoms with Gasteiger partial charge in [-0.25, -0.2) is 4.98 Å². The summed E-state index contributed by atoms with van der Waals surface area (Å²) in [5.74, 6) is 0.372. The number of imidazole rings is 1. The summed E-state index contributed by atoms with van der Waals surface area (Å²) in [5.41, 5.74) is 2.94. The van der Waals surface area contributed by atoms with Crippen molar-refractivity contribution in [2.24, 2.45) is 5.92 Å². The van der Waals surface area contributed by atoms with Gasteiger partial charge in [0.15, 0.2) is 0 Å². The Morgan fingerprint density at radius 1 is 1.29 bits per heavy atom. The SMILES string of the molecule is OC(c1ccc2nc[nH]c2c1)C1CCNCC1. The molecular formula is C13H17N3O. The highest BCUT2D eigenvalue weighted by Crippen LogP contribution is 2.29. The van der Waals surface area contributed by atoms with Crippen molar-refractivity contribution in [2.75, 3.05) is 13.1 Å². The van der Waals surface area contributed by atoms with E-state index in [-0.39, 0.29) is 6.10 Å². The molecule has 2 heterocycles. The standard InChI is InChI=1S/C13H17N3O/c17-13(9-3-5-14-6-4-9)10-1-2-11-12(7-10)16-8-15-11/h1-2,7-9,13-14,17H,3-6H2,(H,15,16). The Morgan fingerprint density at radius 3 is 2.94 bits per heavy atom. The first-order valence-electron chi connectivity index (χ1n) is 6.16. The van der Waals surface area contributed by atoms with Crippen molar-refractivity contribution < 1.29 is 5.11 Å². The van der Waals surface area contributed by atoms with Crippen LogP contribution in [0.25, 0.3) is 11.0 Å². The Bertz CT molecular complexity index is 502. The van der Waals surface area contributed by atoms with Crippen LogP contribution in [0.2, 0.25) is 0 Å². The highest BCUT2D eigenvalue weighted by Gasteiger charge is 2.23. The lowest BCUT2D eigenvalue weighted by atomic mass is 9.88. The van der Waals surface area contributed by atoms with Crippen LogP contribution in [0.4, 0.5) is 0 Å². The van der Waals surface area contributed by atoms with Gasteiger partial charge in [0.2, 0.25) is 0 Å². The molecule has 3 rings (SSSR count). The van der Waals surface area contributed by atoms with E-state index >= 15 is 0 Å². The van der Waals surface area contributed by atoms with Crippen LogP contribution in [0.1, 0.15) is 24.5 Å². The average Bonchev–Trinajstić information content (AvgIpc) is 2.86. The van der Waals surface area contributed by atoms with Crippen molar-refractivity contribution in [2.45, 2.75) is 18.9 Å². The van der Waals surface area contributed by atoms with E-state index in [2.05, 4.69) is 15.3 Å². The second kappa shape index (κ2) is 4.47. The fraction of sp³-hybridized carbons (Fsp3) is 0.462. The average molecular weight is 231 g/mol. The lowest BCUT2D eigenvalue weighted by Crippen LogP contribution is -2.30. The Kier molecular flexibility index (Phi) is 2.82. The quantitative estimate of drug-likeness (QED) is 0.735. The predicted octanol–water partition coefficient (Wildman–Crippen LogP) is 1.60. The molecule has 0 bridgehead atoms. The van der Waals surface area contributed by atoms with Crippen LogP contribution in [0.3, 0.4) is 0 Å². The molecule has 3 N–H and O–H groups in total. The first-order chi connectivity index (χ1) is 8.34. The first-order valence-corrected chi connectivity index (χ1v) is 6.16. The number of aliphatic hydroxyl groups excluding tert-OH is 1. The van der Waals surface area contributed by atoms with Gasteiger partial charge in [-0.05, 0) is 49.5 Å². The van der Waals surface area contributed by atoms with E-state index in [4.69, 9.17) is 0 Å². The molecule has 2 aromatic rings. The molecule has 4 heteroatoms. The number of aliphatic hydroxyl groups is 1. The lowest BCUT2D eigenvalue weighted by Gasteiger charge is -2.27. The summed E-state index contributed by atoms with van der Waals surface area (Å²) in [6.45, 7) is 2.02. The van der Waals surface area contributed by atoms with Crippen LogP contribution in [-0.2, 0) is 0 Å². The molecule has 0 amide bonds. The van der Waals surface area contributed by atoms with E-state index in [1.807, 2.05) is 18.2 Å². The molecule has 1 aromatic carbocycles. The number of piperidine rings is 1. The largest absolute Gasteiger partial charge is 0.388 e. The molecule has 4 nitrogen and oxygen atoms in total. The lowest BCUT2D eigenvalue weighted by molar-refractivity contribution is 0.0890. The third kappa shape index (κ3) is 2.06. The molecule has 1 aliphatic rings. The van der Waals surface area contributed by atoms with Crippen LogP contribution < -0.4 is 5.32 Å². The molecule has 1 saturated heterocycles. The molecule has 1 atom stereocenters. The van der Waals surface area contributed by atoms with Gasteiger partial charge in [0.25, 0.3) is 0 Å². The maximum atomic E-state index is 10.4. The number of rotatable bonds is 2. The molecule has 0 radical (unpaired) electrons. The summed E-state index contributed by atoms with van der Waals surface area (Å²) in [7, 11) is 0. The molecule has 1 aliphatic heterocycles. The van der Waals surface area contributed by atoms with Gasteiger partial charge in [0, 0.05) is 0 Å². The van der Waals surface area contributed by atoms with Crippen molar-refractivity contribution in [3.05, 3.63) is 30.1 Å². The number of aromatic amines is 1. The van der Waals surface area contributed by atoms with Gasteiger partial charge in [-0.2, -0.15) is 0 Å². The van der Waals surface area contributed by atoms with Crippen LogP contribution in [0.5, 0.6) is 0 Å². The van der Waals surface area contributed by atoms with Crippen molar-refractivity contribution in [1.82, 2.24) is 15.3 Å². The summed E-state index contributed by atoms with van der Waals surface area (Å²) in [5, 5.41) is 13.7. The fourth-order valence-electron chi connectivity index (χ4n) is 2.57. The van der Waals surface area contributed by atoms with Gasteiger partial charge in [-0.1, -0.05) is 6.07 Å². The molecule has 90 valence electrons. The number of nitrogens with zero attached hydrogens (tertiary/aromatic N) is 1. The van der Waals surface area contributed by atoms with E-state index in [1.165, 1.54) is 0 Å². The van der Waals surface area contributed by atoms with E-state index < -0.39 is 0 Å². The van der Waals surface area contributed by atoms with E-state index in [0.717, 1.165) is 42.5 Å². The fourth-order valence-corrected chi connectivity index (χ4v) is 2.57. The number of benzene rings is 1. The maximum absolute atomic E-state index is 10.4. The minimum Gasteiger partial charge on any atom is -0.388 e. The molecule has 1 aromatic heterocycles. The van der Waals surface area contributed by atoms with Crippen LogP contribution in [-0.4, -0.2) is 28.2 Å². The first kappa shape index (κ1) is 10.7. The summed E-state index contributed by atoms with van der Waals surface area (Å²) in [6.07, 6.45) is 3.42. The number of H-pyrrole nitrogens is 1. The normalized spacial score (nSPS) is 19.6. The summed E-state index contributed by atoms with van der Waals surface area (Å²) < 4.78 is 0.